The van der Waals surface area contributed by atoms with Gasteiger partial charge in [-0.15, -0.1) is 0 Å². The van der Waals surface area contributed by atoms with E-state index in [0.29, 0.717) is 72.9 Å². The minimum atomic E-state index is -0.388. The second-order valence-electron chi connectivity index (χ2n) is 21.0. The van der Waals surface area contributed by atoms with Gasteiger partial charge in [0.1, 0.15) is 0 Å². The Bertz CT molecular complexity index is 2840. The van der Waals surface area contributed by atoms with E-state index in [1.165, 1.54) is 47.6 Å². The first kappa shape index (κ1) is 59.8. The second-order valence-corrected chi connectivity index (χ2v) is 22.2. The number of halogens is 3. The molecule has 9 rings (SSSR count). The highest BCUT2D eigenvalue weighted by Gasteiger charge is 2.35. The van der Waals surface area contributed by atoms with Crippen LogP contribution < -0.4 is 27.0 Å². The topological polar surface area (TPSA) is 152 Å². The van der Waals surface area contributed by atoms with Crippen molar-refractivity contribution in [1.82, 2.24) is 36.0 Å². The summed E-state index contributed by atoms with van der Waals surface area (Å²) in [6.45, 7) is 6.74. The molecular weight excluding hydrogens is 1060 g/mol. The molecule has 3 aliphatic heterocycles. The van der Waals surface area contributed by atoms with Crippen LogP contribution in [0.3, 0.4) is 0 Å². The van der Waals surface area contributed by atoms with Gasteiger partial charge in [0.15, 0.2) is 0 Å². The zero-order valence-corrected chi connectivity index (χ0v) is 47.7. The summed E-state index contributed by atoms with van der Waals surface area (Å²) in [6.07, 6.45) is 9.74. The van der Waals surface area contributed by atoms with Gasteiger partial charge in [-0.25, -0.2) is 0 Å². The first-order valence-electron chi connectivity index (χ1n) is 28.2. The first-order valence-corrected chi connectivity index (χ1v) is 29.3. The Morgan fingerprint density at radius 3 is 1.52 bits per heavy atom. The van der Waals surface area contributed by atoms with Crippen molar-refractivity contribution < 1.29 is 19.2 Å². The number of nitrogens with one attached hydrogen (secondary N) is 4. The largest absolute Gasteiger partial charge is 0.351 e. The maximum Gasteiger partial charge on any atom is 0.251 e. The average Bonchev–Trinajstić information content (AvgIpc) is 3.76. The number of benzene rings is 6. The predicted molar refractivity (Wildman–Crippen MR) is 324 cm³/mol. The molecule has 0 bridgehead atoms. The summed E-state index contributed by atoms with van der Waals surface area (Å²) < 4.78 is 0. The highest BCUT2D eigenvalue weighted by Crippen LogP contribution is 2.29. The Morgan fingerprint density at radius 1 is 0.575 bits per heavy atom. The number of carbonyl (C=O) groups excluding carboxylic acids is 4. The van der Waals surface area contributed by atoms with Crippen molar-refractivity contribution in [2.24, 2.45) is 5.73 Å². The lowest BCUT2D eigenvalue weighted by molar-refractivity contribution is -0.133. The van der Waals surface area contributed by atoms with E-state index in [-0.39, 0.29) is 59.6 Å². The summed E-state index contributed by atoms with van der Waals surface area (Å²) in [5, 5.41) is 14.5. The summed E-state index contributed by atoms with van der Waals surface area (Å²) in [5.41, 5.74) is 12.0. The van der Waals surface area contributed by atoms with Crippen molar-refractivity contribution in [3.63, 3.8) is 0 Å². The standard InChI is InChI=1S/C34H40Cl2N4O2.C31H35ClN4O2/c35-30-15-14-27(22-31(30)36)33(41)37-23-28-16-21-40(34(42)32(38-28)17-20-39-18-8-3-9-19-39)24-29(25-10-4-1-5-11-25)26-12-6-2-7-13-26;32-26-14-11-23(12-15-26)13-16-30(37)34-21-27-18-20-36(31(38)29(35-27)17-19-33)22-28(24-7-3-1-4-8-24)25-9-5-2-6-10-25/h1-2,4-7,10-15,22,28-29,32,38H,3,8-9,16-21,23-24H2,(H,37,41);1-16,27-29,35H,17-22,33H2,(H,34,37)/t28-,32-;27-,29-/m00/s1. The first-order chi connectivity index (χ1) is 39.0. The monoisotopic (exact) mass is 1140 g/mol. The molecule has 0 radical (unpaired) electrons. The van der Waals surface area contributed by atoms with Gasteiger partial charge in [-0.1, -0.05) is 175 Å². The SMILES string of the molecule is NCC[C@@H]1N[C@H](CNC(=O)C=Cc2ccc(Cl)cc2)CCN(CC(c2ccccc2)c2ccccc2)C1=O.O=C(NC[C@@H]1CCN(CC(c2ccccc2)c2ccccc2)C(=O)[C@H](CCN2CCCCC2)N1)c1ccc(Cl)c(Cl)c1. The van der Waals surface area contributed by atoms with Crippen molar-refractivity contribution in [2.75, 3.05) is 65.4 Å². The molecule has 6 aromatic carbocycles. The minimum Gasteiger partial charge on any atom is -0.351 e. The van der Waals surface area contributed by atoms with E-state index in [9.17, 15) is 19.2 Å². The smallest absolute Gasteiger partial charge is 0.251 e. The van der Waals surface area contributed by atoms with Crippen molar-refractivity contribution in [1.29, 1.82) is 0 Å². The number of amides is 4. The van der Waals surface area contributed by atoms with Crippen LogP contribution in [0.25, 0.3) is 6.08 Å². The Kier molecular flexibility index (Phi) is 23.2. The second kappa shape index (κ2) is 31.0. The Labute approximate surface area is 487 Å². The molecule has 3 heterocycles. The highest BCUT2D eigenvalue weighted by molar-refractivity contribution is 6.42. The molecule has 3 fully saturated rings. The summed E-state index contributed by atoms with van der Waals surface area (Å²) in [7, 11) is 0. The molecule has 420 valence electrons. The third-order valence-electron chi connectivity index (χ3n) is 15.4. The lowest BCUT2D eigenvalue weighted by atomic mass is 9.90. The molecule has 0 aromatic heterocycles. The van der Waals surface area contributed by atoms with E-state index in [1.807, 2.05) is 70.5 Å². The fraction of sp³-hybridized carbons (Fsp3) is 0.354. The number of piperidine rings is 1. The van der Waals surface area contributed by atoms with E-state index in [1.54, 1.807) is 36.4 Å². The van der Waals surface area contributed by atoms with Gasteiger partial charge in [0, 0.05) is 86.4 Å². The molecule has 0 saturated carbocycles. The van der Waals surface area contributed by atoms with Crippen LogP contribution in [0.4, 0.5) is 0 Å². The minimum absolute atomic E-state index is 0.0380. The lowest BCUT2D eigenvalue weighted by Gasteiger charge is -2.31. The van der Waals surface area contributed by atoms with E-state index < -0.39 is 0 Å². The highest BCUT2D eigenvalue weighted by atomic mass is 35.5. The number of nitrogens with zero attached hydrogens (tertiary/aromatic N) is 3. The number of likely N-dealkylation sites (tertiary alicyclic amines) is 1. The lowest BCUT2D eigenvalue weighted by Crippen LogP contribution is -2.50. The molecule has 4 amide bonds. The predicted octanol–water partition coefficient (Wildman–Crippen LogP) is 10.2. The molecular formula is C65H75Cl3N8O4. The van der Waals surface area contributed by atoms with Crippen molar-refractivity contribution in [3.05, 3.63) is 218 Å². The Balaban J connectivity index is 0.000000211. The number of hydrogen-bond donors (Lipinski definition) is 5. The quantitative estimate of drug-likeness (QED) is 0.0474. The number of nitrogens with two attached hydrogens (primary N) is 1. The van der Waals surface area contributed by atoms with Crippen molar-refractivity contribution in [3.8, 4) is 0 Å². The summed E-state index contributed by atoms with van der Waals surface area (Å²) in [6, 6.07) is 52.9. The van der Waals surface area contributed by atoms with E-state index >= 15 is 0 Å². The molecule has 80 heavy (non-hydrogen) atoms. The Hall–Kier alpha value is -6.35. The van der Waals surface area contributed by atoms with Gasteiger partial charge in [-0.2, -0.15) is 0 Å². The molecule has 6 aromatic rings. The molecule has 12 nitrogen and oxygen atoms in total. The fourth-order valence-corrected chi connectivity index (χ4v) is 11.3. The van der Waals surface area contributed by atoms with Gasteiger partial charge in [-0.3, -0.25) is 19.2 Å². The van der Waals surface area contributed by atoms with Gasteiger partial charge in [-0.05, 0) is 122 Å². The fourth-order valence-electron chi connectivity index (χ4n) is 10.9. The number of carbonyl (C=O) groups is 4. The molecule has 4 atom stereocenters. The van der Waals surface area contributed by atoms with Gasteiger partial charge in [0.05, 0.1) is 22.1 Å². The normalized spacial score (nSPS) is 19.1. The number of rotatable bonds is 20. The van der Waals surface area contributed by atoms with Crippen LogP contribution in [-0.4, -0.2) is 128 Å². The van der Waals surface area contributed by atoms with Gasteiger partial charge in [0.2, 0.25) is 17.7 Å². The molecule has 6 N–H and O–H groups in total. The van der Waals surface area contributed by atoms with E-state index in [4.69, 9.17) is 40.5 Å². The molecule has 0 aliphatic carbocycles. The molecule has 15 heteroatoms. The van der Waals surface area contributed by atoms with Gasteiger partial charge >= 0.3 is 0 Å². The Morgan fingerprint density at radius 2 is 1.05 bits per heavy atom. The summed E-state index contributed by atoms with van der Waals surface area (Å²) >= 11 is 18.1. The van der Waals surface area contributed by atoms with Crippen LogP contribution in [0.15, 0.2) is 170 Å². The number of hydrogen-bond acceptors (Lipinski definition) is 8. The van der Waals surface area contributed by atoms with Crippen LogP contribution >= 0.6 is 34.8 Å². The van der Waals surface area contributed by atoms with Crippen LogP contribution in [-0.2, 0) is 14.4 Å². The third-order valence-corrected chi connectivity index (χ3v) is 16.3. The van der Waals surface area contributed by atoms with Crippen molar-refractivity contribution in [2.45, 2.75) is 80.9 Å². The molecule has 3 saturated heterocycles. The van der Waals surface area contributed by atoms with E-state index in [2.05, 4.69) is 99.0 Å². The average molecular weight is 1140 g/mol. The third kappa shape index (κ3) is 17.8. The van der Waals surface area contributed by atoms with Crippen LogP contribution in [0.2, 0.25) is 15.1 Å². The van der Waals surface area contributed by atoms with Gasteiger partial charge < -0.3 is 41.7 Å². The van der Waals surface area contributed by atoms with Crippen LogP contribution in [0.5, 0.6) is 0 Å². The van der Waals surface area contributed by atoms with Gasteiger partial charge in [0.25, 0.3) is 5.91 Å². The molecule has 0 unspecified atom stereocenters. The molecule has 0 spiro atoms. The maximum atomic E-state index is 14.1. The zero-order chi connectivity index (χ0) is 56.1. The maximum absolute atomic E-state index is 14.1. The zero-order valence-electron chi connectivity index (χ0n) is 45.4. The molecule has 3 aliphatic rings. The van der Waals surface area contributed by atoms with E-state index in [0.717, 1.165) is 44.5 Å². The summed E-state index contributed by atoms with van der Waals surface area (Å²) in [5.74, 6) is -0.0521. The van der Waals surface area contributed by atoms with Crippen LogP contribution in [0, 0.1) is 0 Å². The van der Waals surface area contributed by atoms with Crippen molar-refractivity contribution >= 4 is 64.5 Å². The van der Waals surface area contributed by atoms with Crippen LogP contribution in [0.1, 0.15) is 95.0 Å². The summed E-state index contributed by atoms with van der Waals surface area (Å²) in [4.78, 5) is 59.6.